The summed E-state index contributed by atoms with van der Waals surface area (Å²) in [6.45, 7) is 0.388. The van der Waals surface area contributed by atoms with Crippen LogP contribution < -0.4 is 9.47 Å². The second kappa shape index (κ2) is 17.4. The molecule has 0 saturated carbocycles. The molecule has 0 fully saturated rings. The Kier molecular flexibility index (Phi) is 13.8. The zero-order valence-electron chi connectivity index (χ0n) is 21.8. The minimum absolute atomic E-state index is 0.0458. The fraction of sp³-hybridized carbons (Fsp3) is 0.429. The topological polar surface area (TPSA) is 124 Å². The van der Waals surface area contributed by atoms with Crippen molar-refractivity contribution < 1.29 is 47.6 Å². The van der Waals surface area contributed by atoms with Crippen LogP contribution in [0.1, 0.15) is 49.7 Å². The van der Waals surface area contributed by atoms with Crippen molar-refractivity contribution in [3.8, 4) is 11.5 Å². The summed E-state index contributed by atoms with van der Waals surface area (Å²) in [6, 6.07) is 14.3. The van der Waals surface area contributed by atoms with Crippen molar-refractivity contribution in [2.75, 3.05) is 27.4 Å². The molecule has 2 aromatic rings. The molecule has 0 saturated heterocycles. The van der Waals surface area contributed by atoms with E-state index in [-0.39, 0.29) is 52.1 Å². The van der Waals surface area contributed by atoms with Crippen molar-refractivity contribution in [2.24, 2.45) is 0 Å². The molecular formula is C28H34O10. The van der Waals surface area contributed by atoms with Crippen LogP contribution in [0.4, 0.5) is 0 Å². The molecule has 0 unspecified atom stereocenters. The molecule has 10 heteroatoms. The molecule has 0 aliphatic rings. The smallest absolute Gasteiger partial charge is 0.306 e. The lowest BCUT2D eigenvalue weighted by atomic mass is 10.2. The summed E-state index contributed by atoms with van der Waals surface area (Å²) in [7, 11) is 3.15. The normalized spacial score (nSPS) is 10.3. The molecule has 0 amide bonds. The first-order valence-electron chi connectivity index (χ1n) is 12.3. The van der Waals surface area contributed by atoms with Crippen molar-refractivity contribution in [3.05, 3.63) is 59.7 Å². The molecule has 0 spiro atoms. The molecule has 0 aliphatic carbocycles. The second-order valence-corrected chi connectivity index (χ2v) is 8.17. The maximum atomic E-state index is 11.8. The van der Waals surface area contributed by atoms with Gasteiger partial charge < -0.3 is 28.4 Å². The van der Waals surface area contributed by atoms with Gasteiger partial charge in [-0.3, -0.25) is 19.2 Å². The molecule has 2 rings (SSSR count). The van der Waals surface area contributed by atoms with Crippen molar-refractivity contribution in [3.63, 3.8) is 0 Å². The average Bonchev–Trinajstić information content (AvgIpc) is 2.94. The van der Waals surface area contributed by atoms with Crippen LogP contribution in [0.2, 0.25) is 0 Å². The minimum Gasteiger partial charge on any atom is -0.497 e. The van der Waals surface area contributed by atoms with Crippen LogP contribution >= 0.6 is 0 Å². The molecule has 10 nitrogen and oxygen atoms in total. The molecule has 0 aliphatic heterocycles. The Morgan fingerprint density at radius 2 is 0.842 bits per heavy atom. The van der Waals surface area contributed by atoms with Crippen LogP contribution in [-0.2, 0) is 51.3 Å². The van der Waals surface area contributed by atoms with Gasteiger partial charge in [-0.05, 0) is 48.2 Å². The van der Waals surface area contributed by atoms with Crippen molar-refractivity contribution in [1.82, 2.24) is 0 Å². The lowest BCUT2D eigenvalue weighted by molar-refractivity contribution is -0.152. The molecule has 0 N–H and O–H groups in total. The third-order valence-corrected chi connectivity index (χ3v) is 5.23. The summed E-state index contributed by atoms with van der Waals surface area (Å²) < 4.78 is 30.6. The number of methoxy groups -OCH3 is 2. The first kappa shape index (κ1) is 30.1. The number of hydrogen-bond acceptors (Lipinski definition) is 10. The highest BCUT2D eigenvalue weighted by molar-refractivity contribution is 5.77. The van der Waals surface area contributed by atoms with E-state index < -0.39 is 23.9 Å². The number of carbonyl (C=O) groups is 4. The van der Waals surface area contributed by atoms with Gasteiger partial charge in [-0.2, -0.15) is 0 Å². The summed E-state index contributed by atoms with van der Waals surface area (Å²) in [5.74, 6) is -0.482. The van der Waals surface area contributed by atoms with E-state index in [1.807, 2.05) is 0 Å². The predicted molar refractivity (Wildman–Crippen MR) is 135 cm³/mol. The quantitative estimate of drug-likeness (QED) is 0.169. The Bertz CT molecular complexity index is 931. The van der Waals surface area contributed by atoms with Gasteiger partial charge in [0.25, 0.3) is 0 Å². The molecule has 0 bridgehead atoms. The standard InChI is InChI=1S/C28H34O10/c1-33-23-11-7-21(8-12-23)19-37-25(29)5-3-17-35-27(31)15-16-28(32)36-18-4-6-26(30)38-20-22-9-13-24(34-2)14-10-22/h7-14H,3-6,15-20H2,1-2H3. The number of rotatable bonds is 17. The molecule has 0 atom stereocenters. The van der Waals surface area contributed by atoms with E-state index in [1.165, 1.54) is 0 Å². The van der Waals surface area contributed by atoms with Crippen LogP contribution in [0.5, 0.6) is 11.5 Å². The summed E-state index contributed by atoms with van der Waals surface area (Å²) in [5, 5.41) is 0. The van der Waals surface area contributed by atoms with E-state index in [0.29, 0.717) is 24.3 Å². The summed E-state index contributed by atoms with van der Waals surface area (Å²) in [4.78, 5) is 47.2. The molecule has 0 radical (unpaired) electrons. The SMILES string of the molecule is COc1ccc(COC(=O)CCCOC(=O)CCC(=O)OCCCC(=O)OCc2ccc(OC)cc2)cc1. The maximum absolute atomic E-state index is 11.8. The maximum Gasteiger partial charge on any atom is 0.306 e. The van der Waals surface area contributed by atoms with E-state index >= 15 is 0 Å². The Labute approximate surface area is 222 Å². The third kappa shape index (κ3) is 12.8. The zero-order valence-corrected chi connectivity index (χ0v) is 21.8. The Balaban J connectivity index is 1.44. The number of ether oxygens (including phenoxy) is 6. The molecule has 0 aromatic heterocycles. The highest BCUT2D eigenvalue weighted by atomic mass is 16.5. The second-order valence-electron chi connectivity index (χ2n) is 8.17. The molecule has 38 heavy (non-hydrogen) atoms. The number of hydrogen-bond donors (Lipinski definition) is 0. The number of carbonyl (C=O) groups excluding carboxylic acids is 4. The Morgan fingerprint density at radius 3 is 1.18 bits per heavy atom. The Hall–Kier alpha value is -4.08. The van der Waals surface area contributed by atoms with Crippen molar-refractivity contribution >= 4 is 23.9 Å². The summed E-state index contributed by atoms with van der Waals surface area (Å²) in [6.07, 6.45) is 0.565. The summed E-state index contributed by atoms with van der Waals surface area (Å²) >= 11 is 0. The van der Waals surface area contributed by atoms with Gasteiger partial charge >= 0.3 is 23.9 Å². The van der Waals surface area contributed by atoms with Crippen LogP contribution in [0, 0.1) is 0 Å². The van der Waals surface area contributed by atoms with Gasteiger partial charge in [0.15, 0.2) is 0 Å². The number of esters is 4. The lowest BCUT2D eigenvalue weighted by Crippen LogP contribution is -2.13. The Morgan fingerprint density at radius 1 is 0.500 bits per heavy atom. The monoisotopic (exact) mass is 530 g/mol. The fourth-order valence-electron chi connectivity index (χ4n) is 3.07. The highest BCUT2D eigenvalue weighted by Gasteiger charge is 2.11. The van der Waals surface area contributed by atoms with E-state index in [2.05, 4.69) is 0 Å². The van der Waals surface area contributed by atoms with E-state index in [1.54, 1.807) is 62.8 Å². The fourth-order valence-corrected chi connectivity index (χ4v) is 3.07. The van der Waals surface area contributed by atoms with Gasteiger partial charge in [0, 0.05) is 12.8 Å². The minimum atomic E-state index is -0.560. The average molecular weight is 531 g/mol. The predicted octanol–water partition coefficient (Wildman–Crippen LogP) is 3.92. The van der Waals surface area contributed by atoms with Crippen LogP contribution in [-0.4, -0.2) is 51.3 Å². The van der Waals surface area contributed by atoms with E-state index in [9.17, 15) is 19.2 Å². The zero-order chi connectivity index (χ0) is 27.6. The largest absolute Gasteiger partial charge is 0.497 e. The van der Waals surface area contributed by atoms with Gasteiger partial charge in [0.1, 0.15) is 24.7 Å². The van der Waals surface area contributed by atoms with Crippen molar-refractivity contribution in [1.29, 1.82) is 0 Å². The first-order chi connectivity index (χ1) is 18.4. The summed E-state index contributed by atoms with van der Waals surface area (Å²) in [5.41, 5.74) is 1.67. The van der Waals surface area contributed by atoms with Crippen LogP contribution in [0.3, 0.4) is 0 Å². The molecule has 206 valence electrons. The number of benzene rings is 2. The third-order valence-electron chi connectivity index (χ3n) is 5.23. The van der Waals surface area contributed by atoms with Gasteiger partial charge in [-0.25, -0.2) is 0 Å². The van der Waals surface area contributed by atoms with Crippen molar-refractivity contribution in [2.45, 2.75) is 51.7 Å². The van der Waals surface area contributed by atoms with Gasteiger partial charge in [-0.1, -0.05) is 24.3 Å². The molecular weight excluding hydrogens is 496 g/mol. The molecule has 0 heterocycles. The van der Waals surface area contributed by atoms with E-state index in [0.717, 1.165) is 11.1 Å². The first-order valence-corrected chi connectivity index (χ1v) is 12.3. The van der Waals surface area contributed by atoms with Gasteiger partial charge in [0.2, 0.25) is 0 Å². The van der Waals surface area contributed by atoms with Crippen LogP contribution in [0.25, 0.3) is 0 Å². The van der Waals surface area contributed by atoms with Gasteiger partial charge in [0.05, 0.1) is 40.3 Å². The lowest BCUT2D eigenvalue weighted by Gasteiger charge is -2.08. The molecule has 2 aromatic carbocycles. The highest BCUT2D eigenvalue weighted by Crippen LogP contribution is 2.13. The van der Waals surface area contributed by atoms with Gasteiger partial charge in [-0.15, -0.1) is 0 Å². The van der Waals surface area contributed by atoms with E-state index in [4.69, 9.17) is 28.4 Å². The van der Waals surface area contributed by atoms with Crippen LogP contribution in [0.15, 0.2) is 48.5 Å².